The molecule has 4 nitrogen and oxygen atoms in total. The van der Waals surface area contributed by atoms with Crippen molar-refractivity contribution in [1.82, 2.24) is 0 Å². The molecule has 0 radical (unpaired) electrons. The van der Waals surface area contributed by atoms with Gasteiger partial charge >= 0.3 is 11.6 Å². The van der Waals surface area contributed by atoms with Gasteiger partial charge < -0.3 is 9.52 Å². The van der Waals surface area contributed by atoms with Gasteiger partial charge in [-0.1, -0.05) is 30.3 Å². The van der Waals surface area contributed by atoms with Crippen molar-refractivity contribution < 1.29 is 14.3 Å². The Morgan fingerprint density at radius 2 is 1.94 bits per heavy atom. The first kappa shape index (κ1) is 11.1. The predicted octanol–water partition coefficient (Wildman–Crippen LogP) is 1.93. The minimum Gasteiger partial charge on any atom is -0.478 e. The van der Waals surface area contributed by atoms with Crippen molar-refractivity contribution in [2.45, 2.75) is 6.42 Å². The molecule has 2 rings (SSSR count). The summed E-state index contributed by atoms with van der Waals surface area (Å²) in [6, 6.07) is 10.7. The van der Waals surface area contributed by atoms with Crippen LogP contribution in [0.4, 0.5) is 0 Å². The van der Waals surface area contributed by atoms with Crippen LogP contribution in [0.5, 0.6) is 0 Å². The molecular formula is C13H10O4. The van der Waals surface area contributed by atoms with Gasteiger partial charge in [0.15, 0.2) is 0 Å². The van der Waals surface area contributed by atoms with E-state index >= 15 is 0 Å². The molecule has 2 aromatic rings. The number of carboxylic acids is 1. The van der Waals surface area contributed by atoms with Crippen LogP contribution in [0.2, 0.25) is 0 Å². The number of rotatable bonds is 3. The zero-order valence-electron chi connectivity index (χ0n) is 8.92. The zero-order chi connectivity index (χ0) is 12.3. The van der Waals surface area contributed by atoms with E-state index in [-0.39, 0.29) is 5.56 Å². The van der Waals surface area contributed by atoms with Crippen LogP contribution in [-0.2, 0) is 6.42 Å². The summed E-state index contributed by atoms with van der Waals surface area (Å²) in [4.78, 5) is 22.2. The first-order valence-electron chi connectivity index (χ1n) is 5.06. The molecule has 0 unspecified atom stereocenters. The summed E-state index contributed by atoms with van der Waals surface area (Å²) in [5, 5.41) is 8.80. The number of benzene rings is 1. The molecule has 0 saturated heterocycles. The summed E-state index contributed by atoms with van der Waals surface area (Å²) in [7, 11) is 0. The standard InChI is InChI=1S/C13H10O4/c14-12(15)11-7-10(13(16)17-8-11)6-9-4-2-1-3-5-9/h1-5,7-8H,6H2,(H,14,15). The fraction of sp³-hybridized carbons (Fsp3) is 0.0769. The third-order valence-corrected chi connectivity index (χ3v) is 2.37. The highest BCUT2D eigenvalue weighted by Gasteiger charge is 2.09. The molecule has 0 amide bonds. The van der Waals surface area contributed by atoms with Gasteiger partial charge in [0.1, 0.15) is 6.26 Å². The summed E-state index contributed by atoms with van der Waals surface area (Å²) < 4.78 is 4.69. The summed E-state index contributed by atoms with van der Waals surface area (Å²) in [6.45, 7) is 0. The topological polar surface area (TPSA) is 67.5 Å². The van der Waals surface area contributed by atoms with Crippen LogP contribution in [0.15, 0.2) is 51.9 Å². The maximum atomic E-state index is 11.4. The average Bonchev–Trinajstić information content (AvgIpc) is 2.33. The summed E-state index contributed by atoms with van der Waals surface area (Å²) in [5.74, 6) is -1.11. The van der Waals surface area contributed by atoms with Gasteiger partial charge in [-0.25, -0.2) is 9.59 Å². The quantitative estimate of drug-likeness (QED) is 0.874. The molecule has 1 heterocycles. The van der Waals surface area contributed by atoms with Gasteiger partial charge in [0.2, 0.25) is 0 Å². The Balaban J connectivity index is 2.36. The third-order valence-electron chi connectivity index (χ3n) is 2.37. The van der Waals surface area contributed by atoms with E-state index in [1.807, 2.05) is 30.3 Å². The largest absolute Gasteiger partial charge is 0.478 e. The van der Waals surface area contributed by atoms with Crippen molar-refractivity contribution in [2.24, 2.45) is 0 Å². The zero-order valence-corrected chi connectivity index (χ0v) is 8.92. The van der Waals surface area contributed by atoms with Crippen molar-refractivity contribution in [3.05, 3.63) is 69.8 Å². The highest BCUT2D eigenvalue weighted by molar-refractivity contribution is 5.87. The number of hydrogen-bond donors (Lipinski definition) is 1. The SMILES string of the molecule is O=C(O)c1coc(=O)c(Cc2ccccc2)c1. The first-order valence-corrected chi connectivity index (χ1v) is 5.06. The molecular weight excluding hydrogens is 220 g/mol. The Kier molecular flexibility index (Phi) is 3.05. The molecule has 4 heteroatoms. The fourth-order valence-electron chi connectivity index (χ4n) is 1.52. The molecule has 1 N–H and O–H groups in total. The molecule has 0 bridgehead atoms. The first-order chi connectivity index (χ1) is 8.16. The van der Waals surface area contributed by atoms with E-state index in [4.69, 9.17) is 5.11 Å². The van der Waals surface area contributed by atoms with E-state index in [9.17, 15) is 9.59 Å². The molecule has 1 aromatic heterocycles. The second kappa shape index (κ2) is 4.65. The van der Waals surface area contributed by atoms with Gasteiger partial charge in [-0.15, -0.1) is 0 Å². The highest BCUT2D eigenvalue weighted by Crippen LogP contribution is 2.07. The van der Waals surface area contributed by atoms with Gasteiger partial charge in [-0.2, -0.15) is 0 Å². The second-order valence-corrected chi connectivity index (χ2v) is 3.62. The minimum absolute atomic E-state index is 0.0180. The van der Waals surface area contributed by atoms with Crippen LogP contribution in [0, 0.1) is 0 Å². The highest BCUT2D eigenvalue weighted by atomic mass is 16.4. The van der Waals surface area contributed by atoms with E-state index in [1.54, 1.807) is 0 Å². The molecule has 86 valence electrons. The fourth-order valence-corrected chi connectivity index (χ4v) is 1.52. The van der Waals surface area contributed by atoms with Gasteiger partial charge in [0.25, 0.3) is 0 Å². The normalized spacial score (nSPS) is 10.1. The number of hydrogen-bond acceptors (Lipinski definition) is 3. The second-order valence-electron chi connectivity index (χ2n) is 3.62. The summed E-state index contributed by atoms with van der Waals surface area (Å²) in [6.07, 6.45) is 1.32. The Hall–Kier alpha value is -2.36. The van der Waals surface area contributed by atoms with Crippen LogP contribution >= 0.6 is 0 Å². The molecule has 17 heavy (non-hydrogen) atoms. The van der Waals surface area contributed by atoms with Crippen molar-refractivity contribution in [2.75, 3.05) is 0 Å². The maximum absolute atomic E-state index is 11.4. The smallest absolute Gasteiger partial charge is 0.339 e. The monoisotopic (exact) mass is 230 g/mol. The lowest BCUT2D eigenvalue weighted by Crippen LogP contribution is -2.10. The lowest BCUT2D eigenvalue weighted by atomic mass is 10.1. The van der Waals surface area contributed by atoms with Crippen molar-refractivity contribution in [3.63, 3.8) is 0 Å². The number of carboxylic acid groups (broad SMARTS) is 1. The number of carbonyl (C=O) groups is 1. The van der Waals surface area contributed by atoms with Crippen molar-refractivity contribution >= 4 is 5.97 Å². The van der Waals surface area contributed by atoms with E-state index in [2.05, 4.69) is 4.42 Å². The Labute approximate surface area is 97.1 Å². The Morgan fingerprint density at radius 3 is 2.59 bits per heavy atom. The van der Waals surface area contributed by atoms with Crippen LogP contribution in [-0.4, -0.2) is 11.1 Å². The minimum atomic E-state index is -1.11. The molecule has 1 aromatic carbocycles. The molecule has 0 fully saturated rings. The number of aromatic carboxylic acids is 1. The Bertz CT molecular complexity index is 584. The van der Waals surface area contributed by atoms with Crippen molar-refractivity contribution in [1.29, 1.82) is 0 Å². The van der Waals surface area contributed by atoms with Gasteiger partial charge in [0, 0.05) is 12.0 Å². The van der Waals surface area contributed by atoms with Gasteiger partial charge in [-0.05, 0) is 11.6 Å². The lowest BCUT2D eigenvalue weighted by molar-refractivity contribution is 0.0693. The lowest BCUT2D eigenvalue weighted by Gasteiger charge is -2.01. The van der Waals surface area contributed by atoms with E-state index in [0.29, 0.717) is 12.0 Å². The van der Waals surface area contributed by atoms with Gasteiger partial charge in [0.05, 0.1) is 5.56 Å². The summed E-state index contributed by atoms with van der Waals surface area (Å²) in [5.41, 5.74) is 0.757. The maximum Gasteiger partial charge on any atom is 0.339 e. The van der Waals surface area contributed by atoms with E-state index in [0.717, 1.165) is 11.8 Å². The predicted molar refractivity (Wildman–Crippen MR) is 61.2 cm³/mol. The molecule has 0 aliphatic rings. The van der Waals surface area contributed by atoms with Gasteiger partial charge in [-0.3, -0.25) is 0 Å². The molecule has 0 saturated carbocycles. The van der Waals surface area contributed by atoms with Crippen LogP contribution < -0.4 is 5.63 Å². The van der Waals surface area contributed by atoms with E-state index in [1.165, 1.54) is 6.07 Å². The van der Waals surface area contributed by atoms with Crippen LogP contribution in [0.25, 0.3) is 0 Å². The van der Waals surface area contributed by atoms with Crippen molar-refractivity contribution in [3.8, 4) is 0 Å². The molecule has 0 atom stereocenters. The summed E-state index contributed by atoms with van der Waals surface area (Å²) >= 11 is 0. The average molecular weight is 230 g/mol. The third kappa shape index (κ3) is 2.60. The molecule has 0 aliphatic carbocycles. The molecule has 0 aliphatic heterocycles. The molecule has 0 spiro atoms. The van der Waals surface area contributed by atoms with Crippen LogP contribution in [0.3, 0.4) is 0 Å². The van der Waals surface area contributed by atoms with E-state index < -0.39 is 11.6 Å². The van der Waals surface area contributed by atoms with Crippen LogP contribution in [0.1, 0.15) is 21.5 Å². The Morgan fingerprint density at radius 1 is 1.24 bits per heavy atom.